The first-order chi connectivity index (χ1) is 10.6. The molecule has 1 atom stereocenters. The summed E-state index contributed by atoms with van der Waals surface area (Å²) in [6.45, 7) is -0.128. The Kier molecular flexibility index (Phi) is 5.21. The van der Waals surface area contributed by atoms with Crippen LogP contribution in [0.4, 0.5) is 0 Å². The van der Waals surface area contributed by atoms with E-state index in [0.29, 0.717) is 5.69 Å². The van der Waals surface area contributed by atoms with Crippen LogP contribution in [0, 0.1) is 0 Å². The summed E-state index contributed by atoms with van der Waals surface area (Å²) in [5, 5.41) is 18.8. The summed E-state index contributed by atoms with van der Waals surface area (Å²) in [6.07, 6.45) is 0.758. The lowest BCUT2D eigenvalue weighted by Gasteiger charge is -2.14. The van der Waals surface area contributed by atoms with Gasteiger partial charge in [-0.1, -0.05) is 35.5 Å². The van der Waals surface area contributed by atoms with Gasteiger partial charge in [0, 0.05) is 7.11 Å². The molecule has 2 N–H and O–H groups in total. The van der Waals surface area contributed by atoms with Crippen LogP contribution in [0.5, 0.6) is 0 Å². The smallest absolute Gasteiger partial charge is 0.325 e. The molecule has 0 aliphatic rings. The molecule has 0 aliphatic heterocycles. The standard InChI is InChI=1S/C14H16N4O4/c1-22-13(10-5-3-2-4-6-10)14(21)15-7-11-8-18(17-16-11)9-12(19)20/h2-6,8,13H,7,9H2,1H3,(H,15,21)(H,19,20)/t13-/m1/s1. The summed E-state index contributed by atoms with van der Waals surface area (Å²) < 4.78 is 6.40. The fraction of sp³-hybridized carbons (Fsp3) is 0.286. The molecule has 2 aromatic rings. The van der Waals surface area contributed by atoms with Crippen LogP contribution in [0.3, 0.4) is 0 Å². The minimum absolute atomic E-state index is 0.144. The molecule has 8 nitrogen and oxygen atoms in total. The summed E-state index contributed by atoms with van der Waals surface area (Å²) in [4.78, 5) is 22.7. The predicted molar refractivity (Wildman–Crippen MR) is 75.7 cm³/mol. The second-order valence-corrected chi connectivity index (χ2v) is 4.55. The Hall–Kier alpha value is -2.74. The Bertz CT molecular complexity index is 641. The summed E-state index contributed by atoms with van der Waals surface area (Å²) in [5.41, 5.74) is 1.22. The zero-order valence-corrected chi connectivity index (χ0v) is 12.0. The zero-order valence-electron chi connectivity index (χ0n) is 12.0. The normalized spacial score (nSPS) is 11.9. The van der Waals surface area contributed by atoms with Gasteiger partial charge in [-0.25, -0.2) is 4.68 Å². The lowest BCUT2D eigenvalue weighted by Crippen LogP contribution is -2.30. The summed E-state index contributed by atoms with van der Waals surface area (Å²) in [5.74, 6) is -1.31. The van der Waals surface area contributed by atoms with Crippen molar-refractivity contribution in [3.63, 3.8) is 0 Å². The van der Waals surface area contributed by atoms with E-state index in [1.807, 2.05) is 18.2 Å². The third-order valence-electron chi connectivity index (χ3n) is 2.90. The van der Waals surface area contributed by atoms with Crippen molar-refractivity contribution in [3.05, 3.63) is 47.8 Å². The Morgan fingerprint density at radius 2 is 2.09 bits per heavy atom. The third kappa shape index (κ3) is 4.13. The zero-order chi connectivity index (χ0) is 15.9. The molecular formula is C14H16N4O4. The van der Waals surface area contributed by atoms with E-state index in [0.717, 1.165) is 5.56 Å². The van der Waals surface area contributed by atoms with Gasteiger partial charge in [0.25, 0.3) is 5.91 Å². The molecule has 22 heavy (non-hydrogen) atoms. The molecule has 1 amide bonds. The van der Waals surface area contributed by atoms with E-state index in [4.69, 9.17) is 9.84 Å². The molecule has 0 unspecified atom stereocenters. The maximum atomic E-state index is 12.1. The van der Waals surface area contributed by atoms with Crippen LogP contribution in [0.2, 0.25) is 0 Å². The number of amides is 1. The van der Waals surface area contributed by atoms with Crippen molar-refractivity contribution in [1.82, 2.24) is 20.3 Å². The number of rotatable bonds is 7. The van der Waals surface area contributed by atoms with E-state index in [1.165, 1.54) is 18.0 Å². The van der Waals surface area contributed by atoms with Crippen molar-refractivity contribution in [2.45, 2.75) is 19.2 Å². The number of aliphatic carboxylic acids is 1. The molecule has 0 fully saturated rings. The molecule has 0 saturated carbocycles. The van der Waals surface area contributed by atoms with Crippen molar-refractivity contribution >= 4 is 11.9 Å². The lowest BCUT2D eigenvalue weighted by molar-refractivity contribution is -0.138. The van der Waals surface area contributed by atoms with Gasteiger partial charge in [0.05, 0.1) is 12.7 Å². The number of hydrogen-bond acceptors (Lipinski definition) is 5. The SMILES string of the molecule is CO[C@@H](C(=O)NCc1cn(CC(=O)O)nn1)c1ccccc1. The number of benzene rings is 1. The van der Waals surface area contributed by atoms with Crippen molar-refractivity contribution in [1.29, 1.82) is 0 Å². The van der Waals surface area contributed by atoms with Crippen LogP contribution in [0.25, 0.3) is 0 Å². The van der Waals surface area contributed by atoms with Gasteiger partial charge in [-0.15, -0.1) is 5.10 Å². The number of nitrogens with one attached hydrogen (secondary N) is 1. The minimum Gasteiger partial charge on any atom is -0.480 e. The number of hydrogen-bond donors (Lipinski definition) is 2. The Morgan fingerprint density at radius 3 is 2.73 bits per heavy atom. The molecule has 2 rings (SSSR count). The van der Waals surface area contributed by atoms with Gasteiger partial charge in [-0.2, -0.15) is 0 Å². The van der Waals surface area contributed by atoms with Crippen molar-refractivity contribution in [2.75, 3.05) is 7.11 Å². The predicted octanol–water partition coefficient (Wildman–Crippen LogP) is 0.367. The summed E-state index contributed by atoms with van der Waals surface area (Å²) in [7, 11) is 1.46. The van der Waals surface area contributed by atoms with E-state index >= 15 is 0 Å². The van der Waals surface area contributed by atoms with Gasteiger partial charge in [0.1, 0.15) is 12.2 Å². The summed E-state index contributed by atoms with van der Waals surface area (Å²) >= 11 is 0. The highest BCUT2D eigenvalue weighted by molar-refractivity contribution is 5.82. The quantitative estimate of drug-likeness (QED) is 0.765. The van der Waals surface area contributed by atoms with E-state index in [2.05, 4.69) is 15.6 Å². The van der Waals surface area contributed by atoms with Crippen LogP contribution in [0.1, 0.15) is 17.4 Å². The Morgan fingerprint density at radius 1 is 1.36 bits per heavy atom. The molecule has 0 radical (unpaired) electrons. The molecular weight excluding hydrogens is 288 g/mol. The second-order valence-electron chi connectivity index (χ2n) is 4.55. The molecule has 8 heteroatoms. The van der Waals surface area contributed by atoms with E-state index in [-0.39, 0.29) is 19.0 Å². The van der Waals surface area contributed by atoms with Crippen molar-refractivity contribution < 1.29 is 19.4 Å². The third-order valence-corrected chi connectivity index (χ3v) is 2.90. The van der Waals surface area contributed by atoms with Crippen LogP contribution in [-0.4, -0.2) is 39.1 Å². The van der Waals surface area contributed by atoms with Gasteiger partial charge < -0.3 is 15.2 Å². The number of aromatic nitrogens is 3. The molecule has 1 aromatic heterocycles. The molecule has 1 heterocycles. The maximum Gasteiger partial charge on any atom is 0.325 e. The van der Waals surface area contributed by atoms with Gasteiger partial charge in [0.15, 0.2) is 6.10 Å². The number of ether oxygens (including phenoxy) is 1. The van der Waals surface area contributed by atoms with Crippen LogP contribution in [-0.2, 0) is 27.4 Å². The average molecular weight is 304 g/mol. The number of carbonyl (C=O) groups excluding carboxylic acids is 1. The van der Waals surface area contributed by atoms with Gasteiger partial charge in [-0.3, -0.25) is 9.59 Å². The largest absolute Gasteiger partial charge is 0.480 e. The minimum atomic E-state index is -1.01. The van der Waals surface area contributed by atoms with E-state index in [1.54, 1.807) is 12.1 Å². The molecule has 0 bridgehead atoms. The number of carbonyl (C=O) groups is 2. The van der Waals surface area contributed by atoms with E-state index < -0.39 is 12.1 Å². The molecule has 0 saturated heterocycles. The van der Waals surface area contributed by atoms with Gasteiger partial charge in [-0.05, 0) is 5.56 Å². The fourth-order valence-corrected chi connectivity index (χ4v) is 1.93. The fourth-order valence-electron chi connectivity index (χ4n) is 1.93. The van der Waals surface area contributed by atoms with Crippen molar-refractivity contribution in [2.24, 2.45) is 0 Å². The molecule has 116 valence electrons. The first kappa shape index (κ1) is 15.6. The first-order valence-electron chi connectivity index (χ1n) is 6.56. The number of methoxy groups -OCH3 is 1. The van der Waals surface area contributed by atoms with Gasteiger partial charge >= 0.3 is 5.97 Å². The van der Waals surface area contributed by atoms with Crippen molar-refractivity contribution in [3.8, 4) is 0 Å². The number of nitrogens with zero attached hydrogens (tertiary/aromatic N) is 3. The topological polar surface area (TPSA) is 106 Å². The van der Waals surface area contributed by atoms with Crippen LogP contribution < -0.4 is 5.32 Å². The van der Waals surface area contributed by atoms with Gasteiger partial charge in [0.2, 0.25) is 0 Å². The van der Waals surface area contributed by atoms with Crippen LogP contribution >= 0.6 is 0 Å². The van der Waals surface area contributed by atoms with E-state index in [9.17, 15) is 9.59 Å². The molecule has 0 spiro atoms. The highest BCUT2D eigenvalue weighted by Gasteiger charge is 2.19. The number of carboxylic acids is 1. The van der Waals surface area contributed by atoms with Crippen LogP contribution in [0.15, 0.2) is 36.5 Å². The second kappa shape index (κ2) is 7.32. The maximum absolute atomic E-state index is 12.1. The summed E-state index contributed by atoms with van der Waals surface area (Å²) in [6, 6.07) is 9.11. The highest BCUT2D eigenvalue weighted by atomic mass is 16.5. The molecule has 0 aliphatic carbocycles. The Labute approximate surface area is 126 Å². The lowest BCUT2D eigenvalue weighted by atomic mass is 10.1. The average Bonchev–Trinajstić information content (AvgIpc) is 2.94. The number of carboxylic acid groups (broad SMARTS) is 1. The highest BCUT2D eigenvalue weighted by Crippen LogP contribution is 2.16. The first-order valence-corrected chi connectivity index (χ1v) is 6.56. The Balaban J connectivity index is 1.94. The monoisotopic (exact) mass is 304 g/mol. The molecule has 1 aromatic carbocycles.